The summed E-state index contributed by atoms with van der Waals surface area (Å²) in [7, 11) is 0. The van der Waals surface area contributed by atoms with Crippen LogP contribution >= 0.6 is 15.9 Å². The van der Waals surface area contributed by atoms with Crippen LogP contribution in [-0.2, 0) is 0 Å². The highest BCUT2D eigenvalue weighted by atomic mass is 79.9. The fraction of sp³-hybridized carbons (Fsp3) is 0.0625. The average molecular weight is 376 g/mol. The van der Waals surface area contributed by atoms with Gasteiger partial charge in [0, 0.05) is 15.7 Å². The van der Waals surface area contributed by atoms with Crippen LogP contribution < -0.4 is 5.32 Å². The SMILES string of the molecule is Cc1ccc(-c2nnco2)cc1NC(=O)c1cc(F)ccc1Br. The number of aryl methyl sites for hydroxylation is 1. The van der Waals surface area contributed by atoms with Gasteiger partial charge in [-0.15, -0.1) is 10.2 Å². The normalized spacial score (nSPS) is 10.6. The number of nitrogens with zero attached hydrogens (tertiary/aromatic N) is 2. The number of anilines is 1. The van der Waals surface area contributed by atoms with E-state index in [2.05, 4.69) is 31.4 Å². The van der Waals surface area contributed by atoms with E-state index in [0.717, 1.165) is 5.56 Å². The lowest BCUT2D eigenvalue weighted by Crippen LogP contribution is -2.13. The molecule has 0 saturated heterocycles. The zero-order valence-corrected chi connectivity index (χ0v) is 13.6. The van der Waals surface area contributed by atoms with Gasteiger partial charge in [0.1, 0.15) is 5.82 Å². The molecule has 3 aromatic rings. The summed E-state index contributed by atoms with van der Waals surface area (Å²) in [5, 5.41) is 10.2. The van der Waals surface area contributed by atoms with Gasteiger partial charge in [-0.05, 0) is 58.7 Å². The maximum Gasteiger partial charge on any atom is 0.256 e. The molecule has 3 rings (SSSR count). The third-order valence-corrected chi connectivity index (χ3v) is 3.96. The summed E-state index contributed by atoms with van der Waals surface area (Å²) in [5.41, 5.74) is 2.34. The summed E-state index contributed by atoms with van der Waals surface area (Å²) in [4.78, 5) is 12.4. The lowest BCUT2D eigenvalue weighted by molar-refractivity contribution is 0.102. The van der Waals surface area contributed by atoms with Crippen molar-refractivity contribution in [3.05, 3.63) is 64.2 Å². The summed E-state index contributed by atoms with van der Waals surface area (Å²) in [6, 6.07) is 9.32. The van der Waals surface area contributed by atoms with Crippen LogP contribution in [0.4, 0.5) is 10.1 Å². The first-order valence-corrected chi connectivity index (χ1v) is 7.47. The van der Waals surface area contributed by atoms with Gasteiger partial charge in [0.15, 0.2) is 0 Å². The minimum Gasteiger partial charge on any atom is -0.423 e. The molecule has 0 fully saturated rings. The van der Waals surface area contributed by atoms with Gasteiger partial charge in [0.25, 0.3) is 5.91 Å². The number of benzene rings is 2. The average Bonchev–Trinajstić information content (AvgIpc) is 3.06. The molecular formula is C16H11BrFN3O2. The topological polar surface area (TPSA) is 68.0 Å². The zero-order chi connectivity index (χ0) is 16.4. The van der Waals surface area contributed by atoms with E-state index < -0.39 is 11.7 Å². The second-order valence-corrected chi connectivity index (χ2v) is 5.71. The van der Waals surface area contributed by atoms with Gasteiger partial charge in [-0.1, -0.05) is 6.07 Å². The molecular weight excluding hydrogens is 365 g/mol. The summed E-state index contributed by atoms with van der Waals surface area (Å²) < 4.78 is 19.0. The zero-order valence-electron chi connectivity index (χ0n) is 12.0. The van der Waals surface area contributed by atoms with Crippen LogP contribution in [0.1, 0.15) is 15.9 Å². The summed E-state index contributed by atoms with van der Waals surface area (Å²) in [5.74, 6) is -0.538. The first kappa shape index (κ1) is 15.4. The molecule has 1 N–H and O–H groups in total. The van der Waals surface area contributed by atoms with Crippen LogP contribution in [0, 0.1) is 12.7 Å². The van der Waals surface area contributed by atoms with Gasteiger partial charge >= 0.3 is 0 Å². The Kier molecular flexibility index (Phi) is 4.20. The molecule has 1 heterocycles. The Bertz CT molecular complexity index is 866. The molecule has 23 heavy (non-hydrogen) atoms. The molecule has 0 unspecified atom stereocenters. The van der Waals surface area contributed by atoms with E-state index >= 15 is 0 Å². The van der Waals surface area contributed by atoms with Gasteiger partial charge in [-0.3, -0.25) is 4.79 Å². The third-order valence-electron chi connectivity index (χ3n) is 3.27. The second kappa shape index (κ2) is 6.29. The van der Waals surface area contributed by atoms with Crippen LogP contribution in [0.25, 0.3) is 11.5 Å². The highest BCUT2D eigenvalue weighted by Crippen LogP contribution is 2.25. The van der Waals surface area contributed by atoms with Crippen molar-refractivity contribution in [3.8, 4) is 11.5 Å². The summed E-state index contributed by atoms with van der Waals surface area (Å²) >= 11 is 3.25. The minimum absolute atomic E-state index is 0.215. The molecule has 2 aromatic carbocycles. The number of halogens is 2. The summed E-state index contributed by atoms with van der Waals surface area (Å²) in [6.45, 7) is 1.85. The Labute approximate surface area is 139 Å². The van der Waals surface area contributed by atoms with Crippen molar-refractivity contribution in [2.24, 2.45) is 0 Å². The van der Waals surface area contributed by atoms with Gasteiger partial charge in [-0.25, -0.2) is 4.39 Å². The predicted octanol–water partition coefficient (Wildman–Crippen LogP) is 4.20. The van der Waals surface area contributed by atoms with Gasteiger partial charge < -0.3 is 9.73 Å². The number of carbonyl (C=O) groups is 1. The number of hydrogen-bond donors (Lipinski definition) is 1. The highest BCUT2D eigenvalue weighted by molar-refractivity contribution is 9.10. The van der Waals surface area contributed by atoms with Gasteiger partial charge in [-0.2, -0.15) is 0 Å². The third kappa shape index (κ3) is 3.29. The van der Waals surface area contributed by atoms with Gasteiger partial charge in [0.05, 0.1) is 5.56 Å². The molecule has 5 nitrogen and oxygen atoms in total. The molecule has 1 amide bonds. The fourth-order valence-electron chi connectivity index (χ4n) is 2.05. The van der Waals surface area contributed by atoms with Crippen molar-refractivity contribution >= 4 is 27.5 Å². The van der Waals surface area contributed by atoms with Crippen molar-refractivity contribution in [2.75, 3.05) is 5.32 Å². The molecule has 0 bridgehead atoms. The maximum atomic E-state index is 13.3. The molecule has 0 aliphatic carbocycles. The van der Waals surface area contributed by atoms with Crippen molar-refractivity contribution in [3.63, 3.8) is 0 Å². The molecule has 0 saturated carbocycles. The second-order valence-electron chi connectivity index (χ2n) is 4.85. The first-order chi connectivity index (χ1) is 11.0. The van der Waals surface area contributed by atoms with E-state index in [4.69, 9.17) is 4.42 Å². The molecule has 0 atom stereocenters. The van der Waals surface area contributed by atoms with E-state index in [1.165, 1.54) is 24.6 Å². The molecule has 7 heteroatoms. The quantitative estimate of drug-likeness (QED) is 0.744. The Balaban J connectivity index is 1.92. The number of rotatable bonds is 3. The minimum atomic E-state index is -0.477. The lowest BCUT2D eigenvalue weighted by atomic mass is 10.1. The van der Waals surface area contributed by atoms with E-state index in [1.807, 2.05) is 19.1 Å². The standard InChI is InChI=1S/C16H11BrFN3O2/c1-9-2-3-10(16-21-19-8-23-16)6-14(9)20-15(22)12-7-11(18)4-5-13(12)17/h2-8H,1H3,(H,20,22). The number of nitrogens with one attached hydrogen (secondary N) is 1. The number of aromatic nitrogens is 2. The van der Waals surface area contributed by atoms with Crippen LogP contribution in [0.2, 0.25) is 0 Å². The van der Waals surface area contributed by atoms with Crippen molar-refractivity contribution < 1.29 is 13.6 Å². The molecule has 0 spiro atoms. The number of carbonyl (C=O) groups excluding carboxylic acids is 1. The largest absolute Gasteiger partial charge is 0.423 e. The van der Waals surface area contributed by atoms with E-state index in [0.29, 0.717) is 21.6 Å². The van der Waals surface area contributed by atoms with E-state index in [-0.39, 0.29) is 5.56 Å². The number of hydrogen-bond acceptors (Lipinski definition) is 4. The van der Waals surface area contributed by atoms with Crippen LogP contribution in [0.3, 0.4) is 0 Å². The lowest BCUT2D eigenvalue weighted by Gasteiger charge is -2.10. The first-order valence-electron chi connectivity index (χ1n) is 6.68. The molecule has 116 valence electrons. The van der Waals surface area contributed by atoms with Gasteiger partial charge in [0.2, 0.25) is 12.3 Å². The van der Waals surface area contributed by atoms with Crippen molar-refractivity contribution in [1.82, 2.24) is 10.2 Å². The van der Waals surface area contributed by atoms with Crippen molar-refractivity contribution in [1.29, 1.82) is 0 Å². The van der Waals surface area contributed by atoms with Crippen LogP contribution in [-0.4, -0.2) is 16.1 Å². The van der Waals surface area contributed by atoms with Crippen LogP contribution in [0.5, 0.6) is 0 Å². The Morgan fingerprint density at radius 3 is 2.83 bits per heavy atom. The smallest absolute Gasteiger partial charge is 0.256 e. The van der Waals surface area contributed by atoms with Crippen LogP contribution in [0.15, 0.2) is 51.7 Å². The Morgan fingerprint density at radius 2 is 2.09 bits per heavy atom. The highest BCUT2D eigenvalue weighted by Gasteiger charge is 2.14. The Hall–Kier alpha value is -2.54. The molecule has 1 aromatic heterocycles. The van der Waals surface area contributed by atoms with E-state index in [9.17, 15) is 9.18 Å². The Morgan fingerprint density at radius 1 is 1.26 bits per heavy atom. The molecule has 0 aliphatic rings. The van der Waals surface area contributed by atoms with E-state index in [1.54, 1.807) is 6.07 Å². The molecule has 0 radical (unpaired) electrons. The van der Waals surface area contributed by atoms with Crippen molar-refractivity contribution in [2.45, 2.75) is 6.92 Å². The summed E-state index contributed by atoms with van der Waals surface area (Å²) in [6.07, 6.45) is 1.23. The maximum absolute atomic E-state index is 13.3. The predicted molar refractivity (Wildman–Crippen MR) is 86.5 cm³/mol. The molecule has 0 aliphatic heterocycles. The monoisotopic (exact) mass is 375 g/mol. The number of amides is 1. The fourth-order valence-corrected chi connectivity index (χ4v) is 2.48.